The fourth-order valence-electron chi connectivity index (χ4n) is 0.832. The maximum Gasteiger partial charge on any atom is 0.134 e. The van der Waals surface area contributed by atoms with E-state index in [1.165, 1.54) is 12.1 Å². The molecule has 0 bridgehead atoms. The molecule has 0 saturated heterocycles. The average molecular weight is 247 g/mol. The van der Waals surface area contributed by atoms with Crippen molar-refractivity contribution in [1.29, 1.82) is 0 Å². The number of benzene rings is 1. The second-order valence-corrected chi connectivity index (χ2v) is 3.29. The van der Waals surface area contributed by atoms with Crippen molar-refractivity contribution in [2.24, 2.45) is 0 Å². The fraction of sp³-hybridized carbons (Fsp3) is 0.125. The van der Waals surface area contributed by atoms with Crippen molar-refractivity contribution in [2.75, 3.05) is 0 Å². The molecule has 0 atom stereocenters. The van der Waals surface area contributed by atoms with Crippen LogP contribution < -0.4 is 10.4 Å². The summed E-state index contributed by atoms with van der Waals surface area (Å²) in [4.78, 5) is 10.00. The van der Waals surface area contributed by atoms with Crippen molar-refractivity contribution in [3.05, 3.63) is 34.1 Å². The van der Waals surface area contributed by atoms with Crippen molar-refractivity contribution in [1.82, 2.24) is 5.32 Å². The standard InChI is InChI=1S/C8H7BrFNO2/c9-6-2-1-5(7(10)3-6)4-11-8(12)13/h1-3,11H,4H2,(H,12,13)/p-1. The molecule has 0 aliphatic rings. The number of carbonyl (C=O) groups is 1. The zero-order valence-corrected chi connectivity index (χ0v) is 8.10. The smallest absolute Gasteiger partial charge is 0.134 e. The molecule has 70 valence electrons. The molecule has 0 heterocycles. The van der Waals surface area contributed by atoms with Crippen molar-refractivity contribution in [2.45, 2.75) is 6.54 Å². The highest BCUT2D eigenvalue weighted by Gasteiger charge is 2.01. The SMILES string of the molecule is O=C([O-])NCc1ccc(Br)cc1F. The zero-order chi connectivity index (χ0) is 9.84. The molecule has 5 heteroatoms. The van der Waals surface area contributed by atoms with E-state index >= 15 is 0 Å². The molecule has 0 aliphatic carbocycles. The molecular weight excluding hydrogens is 241 g/mol. The topological polar surface area (TPSA) is 52.2 Å². The predicted octanol–water partition coefficient (Wildman–Crippen LogP) is 1.02. The number of hydrogen-bond acceptors (Lipinski definition) is 2. The lowest BCUT2D eigenvalue weighted by atomic mass is 10.2. The van der Waals surface area contributed by atoms with Crippen LogP contribution in [0, 0.1) is 5.82 Å². The summed E-state index contributed by atoms with van der Waals surface area (Å²) in [6.45, 7) is -0.0819. The van der Waals surface area contributed by atoms with E-state index in [0.29, 0.717) is 4.47 Å². The lowest BCUT2D eigenvalue weighted by Crippen LogP contribution is -2.36. The summed E-state index contributed by atoms with van der Waals surface area (Å²) in [5, 5.41) is 12.0. The minimum absolute atomic E-state index is 0.0819. The molecular formula is C8H6BrFNO2-. The molecule has 1 aromatic carbocycles. The van der Waals surface area contributed by atoms with Crippen LogP contribution in [0.25, 0.3) is 0 Å². The highest BCUT2D eigenvalue weighted by molar-refractivity contribution is 9.10. The third-order valence-electron chi connectivity index (χ3n) is 1.44. The number of amides is 1. The van der Waals surface area contributed by atoms with Crippen LogP contribution in [0.1, 0.15) is 5.56 Å². The van der Waals surface area contributed by atoms with Crippen LogP contribution >= 0.6 is 15.9 Å². The van der Waals surface area contributed by atoms with Gasteiger partial charge in [-0.25, -0.2) is 4.39 Å². The lowest BCUT2D eigenvalue weighted by Gasteiger charge is -2.07. The van der Waals surface area contributed by atoms with Crippen LogP contribution in [-0.4, -0.2) is 6.09 Å². The van der Waals surface area contributed by atoms with Gasteiger partial charge in [-0.15, -0.1) is 0 Å². The van der Waals surface area contributed by atoms with Crippen molar-refractivity contribution < 1.29 is 14.3 Å². The Labute approximate surface area is 82.7 Å². The molecule has 0 unspecified atom stereocenters. The zero-order valence-electron chi connectivity index (χ0n) is 6.51. The van der Waals surface area contributed by atoms with Gasteiger partial charge in [0.1, 0.15) is 11.9 Å². The molecule has 1 amide bonds. The number of carboxylic acid groups (broad SMARTS) is 1. The van der Waals surface area contributed by atoms with Gasteiger partial charge in [-0.05, 0) is 12.1 Å². The largest absolute Gasteiger partial charge is 0.530 e. The number of carbonyl (C=O) groups excluding carboxylic acids is 1. The first-order valence-electron chi connectivity index (χ1n) is 3.48. The van der Waals surface area contributed by atoms with Gasteiger partial charge in [-0.3, -0.25) is 0 Å². The number of rotatable bonds is 2. The Bertz CT molecular complexity index is 330. The molecule has 13 heavy (non-hydrogen) atoms. The van der Waals surface area contributed by atoms with Gasteiger partial charge < -0.3 is 15.2 Å². The van der Waals surface area contributed by atoms with E-state index in [4.69, 9.17) is 0 Å². The van der Waals surface area contributed by atoms with Crippen LogP contribution in [0.15, 0.2) is 22.7 Å². The predicted molar refractivity (Wildman–Crippen MR) is 46.3 cm³/mol. The maximum atomic E-state index is 13.0. The molecule has 0 aliphatic heterocycles. The van der Waals surface area contributed by atoms with E-state index in [2.05, 4.69) is 15.9 Å². The van der Waals surface area contributed by atoms with E-state index in [1.54, 1.807) is 6.07 Å². The van der Waals surface area contributed by atoms with Crippen molar-refractivity contribution in [3.63, 3.8) is 0 Å². The second kappa shape index (κ2) is 4.23. The van der Waals surface area contributed by atoms with Gasteiger partial charge in [0.25, 0.3) is 0 Å². The molecule has 0 saturated carbocycles. The fourth-order valence-corrected chi connectivity index (χ4v) is 1.17. The Hall–Kier alpha value is -1.10. The van der Waals surface area contributed by atoms with Gasteiger partial charge in [0.15, 0.2) is 0 Å². The molecule has 1 rings (SSSR count). The third-order valence-corrected chi connectivity index (χ3v) is 1.93. The Morgan fingerprint density at radius 2 is 2.31 bits per heavy atom. The molecule has 3 nitrogen and oxygen atoms in total. The molecule has 0 spiro atoms. The van der Waals surface area contributed by atoms with Gasteiger partial charge >= 0.3 is 0 Å². The van der Waals surface area contributed by atoms with Gasteiger partial charge in [0, 0.05) is 16.6 Å². The number of nitrogens with one attached hydrogen (secondary N) is 1. The van der Waals surface area contributed by atoms with E-state index in [1.807, 2.05) is 5.32 Å². The summed E-state index contributed by atoms with van der Waals surface area (Å²) < 4.78 is 13.6. The first-order valence-corrected chi connectivity index (χ1v) is 4.27. The summed E-state index contributed by atoms with van der Waals surface area (Å²) in [5.41, 5.74) is 0.285. The molecule has 0 radical (unpaired) electrons. The number of hydrogen-bond donors (Lipinski definition) is 1. The van der Waals surface area contributed by atoms with Gasteiger partial charge in [-0.1, -0.05) is 22.0 Å². The Kier molecular flexibility index (Phi) is 3.25. The van der Waals surface area contributed by atoms with E-state index in [0.717, 1.165) is 0 Å². The maximum absolute atomic E-state index is 13.0. The molecule has 1 aromatic rings. The van der Waals surface area contributed by atoms with Gasteiger partial charge in [0.05, 0.1) is 0 Å². The summed E-state index contributed by atoms with van der Waals surface area (Å²) in [5.74, 6) is -0.455. The van der Waals surface area contributed by atoms with Crippen LogP contribution in [0.5, 0.6) is 0 Å². The summed E-state index contributed by atoms with van der Waals surface area (Å²) in [6.07, 6.45) is -1.41. The normalized spacial score (nSPS) is 9.69. The minimum atomic E-state index is -1.41. The minimum Gasteiger partial charge on any atom is -0.530 e. The van der Waals surface area contributed by atoms with Crippen molar-refractivity contribution >= 4 is 22.0 Å². The van der Waals surface area contributed by atoms with Crippen LogP contribution in [0.3, 0.4) is 0 Å². The van der Waals surface area contributed by atoms with Crippen molar-refractivity contribution in [3.8, 4) is 0 Å². The summed E-state index contributed by atoms with van der Waals surface area (Å²) >= 11 is 3.09. The molecule has 0 aromatic heterocycles. The van der Waals surface area contributed by atoms with E-state index < -0.39 is 11.9 Å². The van der Waals surface area contributed by atoms with E-state index in [9.17, 15) is 14.3 Å². The summed E-state index contributed by atoms with van der Waals surface area (Å²) in [6, 6.07) is 4.40. The summed E-state index contributed by atoms with van der Waals surface area (Å²) in [7, 11) is 0. The van der Waals surface area contributed by atoms with Crippen LogP contribution in [-0.2, 0) is 6.54 Å². The third kappa shape index (κ3) is 3.02. The van der Waals surface area contributed by atoms with E-state index in [-0.39, 0.29) is 12.1 Å². The van der Waals surface area contributed by atoms with Gasteiger partial charge in [0.2, 0.25) is 0 Å². The Morgan fingerprint density at radius 1 is 1.62 bits per heavy atom. The lowest BCUT2D eigenvalue weighted by molar-refractivity contribution is -0.251. The highest BCUT2D eigenvalue weighted by Crippen LogP contribution is 2.14. The number of halogens is 2. The monoisotopic (exact) mass is 246 g/mol. The van der Waals surface area contributed by atoms with Crippen LogP contribution in [0.2, 0.25) is 0 Å². The van der Waals surface area contributed by atoms with Gasteiger partial charge in [-0.2, -0.15) is 0 Å². The quantitative estimate of drug-likeness (QED) is 0.848. The molecule has 1 N–H and O–H groups in total. The Morgan fingerprint density at radius 3 is 2.85 bits per heavy atom. The average Bonchev–Trinajstić information content (AvgIpc) is 2.02. The highest BCUT2D eigenvalue weighted by atomic mass is 79.9. The van der Waals surface area contributed by atoms with Crippen LogP contribution in [0.4, 0.5) is 9.18 Å². The second-order valence-electron chi connectivity index (χ2n) is 2.38. The first kappa shape index (κ1) is 9.98. The first-order chi connectivity index (χ1) is 6.09. The molecule has 0 fully saturated rings. The Balaban J connectivity index is 2.72.